The molecule has 4 nitrogen and oxygen atoms in total. The molecule has 0 atom stereocenters. The van der Waals surface area contributed by atoms with Crippen molar-refractivity contribution in [2.24, 2.45) is 5.41 Å². The van der Waals surface area contributed by atoms with Crippen molar-refractivity contribution in [3.63, 3.8) is 0 Å². The Bertz CT molecular complexity index is 605. The van der Waals surface area contributed by atoms with Gasteiger partial charge in [-0.1, -0.05) is 13.8 Å². The van der Waals surface area contributed by atoms with Crippen molar-refractivity contribution in [2.45, 2.75) is 26.7 Å². The van der Waals surface area contributed by atoms with Gasteiger partial charge in [0.25, 0.3) is 0 Å². The van der Waals surface area contributed by atoms with E-state index >= 15 is 0 Å². The third-order valence-corrected chi connectivity index (χ3v) is 3.70. The van der Waals surface area contributed by atoms with Crippen LogP contribution in [0, 0.1) is 5.41 Å². The topological polar surface area (TPSA) is 55.7 Å². The molecule has 0 N–H and O–H groups in total. The van der Waals surface area contributed by atoms with Crippen molar-refractivity contribution in [3.05, 3.63) is 28.3 Å². The highest BCUT2D eigenvalue weighted by molar-refractivity contribution is 7.07. The molecule has 0 fully saturated rings. The van der Waals surface area contributed by atoms with Crippen molar-refractivity contribution in [1.82, 2.24) is 15.0 Å². The third kappa shape index (κ3) is 1.95. The minimum absolute atomic E-state index is 0.0161. The molecule has 1 aliphatic carbocycles. The largest absolute Gasteiger partial charge is 0.294 e. The van der Waals surface area contributed by atoms with Gasteiger partial charge < -0.3 is 0 Å². The molecule has 0 aromatic carbocycles. The quantitative estimate of drug-likeness (QED) is 0.790. The van der Waals surface area contributed by atoms with E-state index in [9.17, 15) is 4.79 Å². The molecular weight excluding hydrogens is 246 g/mol. The summed E-state index contributed by atoms with van der Waals surface area (Å²) in [5.74, 6) is 0.756. The number of hydrogen-bond acceptors (Lipinski definition) is 5. The number of thiazole rings is 1. The standard InChI is InChI=1S/C13H13N3OS/c1-13(2)3-9-8(11(17)4-13)5-14-12(16-9)10-6-18-7-15-10/h5-7H,3-4H2,1-2H3. The molecule has 0 bridgehead atoms. The Balaban J connectivity index is 2.08. The Labute approximate surface area is 109 Å². The summed E-state index contributed by atoms with van der Waals surface area (Å²) in [4.78, 5) is 25.0. The smallest absolute Gasteiger partial charge is 0.179 e. The third-order valence-electron chi connectivity index (χ3n) is 3.11. The van der Waals surface area contributed by atoms with Crippen LogP contribution in [0.5, 0.6) is 0 Å². The van der Waals surface area contributed by atoms with Crippen molar-refractivity contribution < 1.29 is 4.79 Å². The first kappa shape index (κ1) is 11.5. The average Bonchev–Trinajstić information content (AvgIpc) is 2.79. The van der Waals surface area contributed by atoms with Crippen molar-refractivity contribution in [3.8, 4) is 11.5 Å². The van der Waals surface area contributed by atoms with Gasteiger partial charge in [-0.25, -0.2) is 15.0 Å². The van der Waals surface area contributed by atoms with Gasteiger partial charge in [-0.15, -0.1) is 11.3 Å². The van der Waals surface area contributed by atoms with Crippen LogP contribution in [-0.4, -0.2) is 20.7 Å². The van der Waals surface area contributed by atoms with E-state index in [1.165, 1.54) is 11.3 Å². The molecule has 0 saturated carbocycles. The van der Waals surface area contributed by atoms with Crippen LogP contribution < -0.4 is 0 Å². The number of Topliss-reactive ketones (excluding diaryl/α,β-unsaturated/α-hetero) is 1. The number of rotatable bonds is 1. The van der Waals surface area contributed by atoms with Crippen molar-refractivity contribution in [2.75, 3.05) is 0 Å². The number of carbonyl (C=O) groups is 1. The first-order valence-corrected chi connectivity index (χ1v) is 6.77. The van der Waals surface area contributed by atoms with E-state index in [4.69, 9.17) is 0 Å². The zero-order valence-electron chi connectivity index (χ0n) is 10.3. The highest BCUT2D eigenvalue weighted by Crippen LogP contribution is 2.34. The summed E-state index contributed by atoms with van der Waals surface area (Å²) >= 11 is 1.51. The number of nitrogens with zero attached hydrogens (tertiary/aromatic N) is 3. The normalized spacial score (nSPS) is 17.6. The van der Waals surface area contributed by atoms with Crippen LogP contribution in [0.15, 0.2) is 17.1 Å². The lowest BCUT2D eigenvalue weighted by Crippen LogP contribution is -2.28. The Morgan fingerprint density at radius 1 is 1.28 bits per heavy atom. The highest BCUT2D eigenvalue weighted by atomic mass is 32.1. The van der Waals surface area contributed by atoms with E-state index in [2.05, 4.69) is 28.8 Å². The lowest BCUT2D eigenvalue weighted by Gasteiger charge is -2.29. The van der Waals surface area contributed by atoms with E-state index in [1.54, 1.807) is 11.7 Å². The summed E-state index contributed by atoms with van der Waals surface area (Å²) in [6, 6.07) is 0. The van der Waals surface area contributed by atoms with Crippen LogP contribution >= 0.6 is 11.3 Å². The van der Waals surface area contributed by atoms with Gasteiger partial charge in [0.2, 0.25) is 0 Å². The summed E-state index contributed by atoms with van der Waals surface area (Å²) < 4.78 is 0. The van der Waals surface area contributed by atoms with E-state index < -0.39 is 0 Å². The molecule has 1 aliphatic rings. The zero-order chi connectivity index (χ0) is 12.8. The first-order valence-electron chi connectivity index (χ1n) is 5.83. The molecule has 0 aliphatic heterocycles. The number of ketones is 1. The molecular formula is C13H13N3OS. The molecule has 2 aromatic heterocycles. The van der Waals surface area contributed by atoms with Gasteiger partial charge in [0, 0.05) is 18.0 Å². The van der Waals surface area contributed by atoms with E-state index in [-0.39, 0.29) is 11.2 Å². The maximum Gasteiger partial charge on any atom is 0.179 e. The predicted molar refractivity (Wildman–Crippen MR) is 69.6 cm³/mol. The Morgan fingerprint density at radius 2 is 2.11 bits per heavy atom. The van der Waals surface area contributed by atoms with Crippen molar-refractivity contribution in [1.29, 1.82) is 0 Å². The lowest BCUT2D eigenvalue weighted by atomic mass is 9.76. The number of carbonyl (C=O) groups excluding carboxylic acids is 1. The summed E-state index contributed by atoms with van der Waals surface area (Å²) in [7, 11) is 0. The number of fused-ring (bicyclic) bond motifs is 1. The maximum atomic E-state index is 12.0. The van der Waals surface area contributed by atoms with E-state index in [0.717, 1.165) is 17.8 Å². The lowest BCUT2D eigenvalue weighted by molar-refractivity contribution is 0.0910. The fourth-order valence-corrected chi connectivity index (χ4v) is 2.81. The van der Waals surface area contributed by atoms with Gasteiger partial charge in [0.15, 0.2) is 11.6 Å². The molecule has 18 heavy (non-hydrogen) atoms. The summed E-state index contributed by atoms with van der Waals surface area (Å²) in [5.41, 5.74) is 4.05. The fraction of sp³-hybridized carbons (Fsp3) is 0.385. The molecule has 0 unspecified atom stereocenters. The first-order chi connectivity index (χ1) is 8.55. The Hall–Kier alpha value is -1.62. The summed E-state index contributed by atoms with van der Waals surface area (Å²) in [6.07, 6.45) is 3.03. The molecule has 2 aromatic rings. The maximum absolute atomic E-state index is 12.0. The second-order valence-corrected chi connectivity index (χ2v) is 6.09. The van der Waals surface area contributed by atoms with Crippen LogP contribution in [0.25, 0.3) is 11.5 Å². The molecule has 0 spiro atoms. The fourth-order valence-electron chi connectivity index (χ4n) is 2.28. The average molecular weight is 259 g/mol. The van der Waals surface area contributed by atoms with Crippen LogP contribution in [0.3, 0.4) is 0 Å². The van der Waals surface area contributed by atoms with Crippen LogP contribution in [-0.2, 0) is 6.42 Å². The molecule has 5 heteroatoms. The second kappa shape index (κ2) is 3.95. The van der Waals surface area contributed by atoms with Crippen LogP contribution in [0.2, 0.25) is 0 Å². The van der Waals surface area contributed by atoms with Gasteiger partial charge >= 0.3 is 0 Å². The second-order valence-electron chi connectivity index (χ2n) is 5.37. The zero-order valence-corrected chi connectivity index (χ0v) is 11.1. The minimum Gasteiger partial charge on any atom is -0.294 e. The van der Waals surface area contributed by atoms with Gasteiger partial charge in [-0.2, -0.15) is 0 Å². The van der Waals surface area contributed by atoms with Crippen LogP contribution in [0.1, 0.15) is 36.3 Å². The molecule has 3 rings (SSSR count). The van der Waals surface area contributed by atoms with Gasteiger partial charge in [-0.3, -0.25) is 4.79 Å². The van der Waals surface area contributed by atoms with Gasteiger partial charge in [0.1, 0.15) is 5.69 Å². The predicted octanol–water partition coefficient (Wildman–Crippen LogP) is 2.76. The van der Waals surface area contributed by atoms with Gasteiger partial charge in [-0.05, 0) is 11.8 Å². The van der Waals surface area contributed by atoms with E-state index in [1.807, 2.05) is 5.38 Å². The Kier molecular flexibility index (Phi) is 2.52. The SMILES string of the molecule is CC1(C)CC(=O)c2cnc(-c3cscn3)nc2C1. The molecule has 0 radical (unpaired) electrons. The van der Waals surface area contributed by atoms with Gasteiger partial charge in [0.05, 0.1) is 16.8 Å². The summed E-state index contributed by atoms with van der Waals surface area (Å²) in [6.45, 7) is 4.19. The highest BCUT2D eigenvalue weighted by Gasteiger charge is 2.32. The molecule has 2 heterocycles. The minimum atomic E-state index is -0.0161. The molecule has 0 saturated heterocycles. The van der Waals surface area contributed by atoms with E-state index in [0.29, 0.717) is 17.8 Å². The molecule has 92 valence electrons. The number of aromatic nitrogens is 3. The van der Waals surface area contributed by atoms with Crippen molar-refractivity contribution >= 4 is 17.1 Å². The number of hydrogen-bond donors (Lipinski definition) is 0. The summed E-state index contributed by atoms with van der Waals surface area (Å²) in [5, 5.41) is 1.91. The molecule has 0 amide bonds. The van der Waals surface area contributed by atoms with Crippen LogP contribution in [0.4, 0.5) is 0 Å². The Morgan fingerprint density at radius 3 is 2.83 bits per heavy atom. The monoisotopic (exact) mass is 259 g/mol.